The fourth-order valence-electron chi connectivity index (χ4n) is 1.91. The number of sulfone groups is 1. The van der Waals surface area contributed by atoms with E-state index in [0.29, 0.717) is 23.3 Å². The lowest BCUT2D eigenvalue weighted by atomic mass is 9.89. The zero-order valence-corrected chi connectivity index (χ0v) is 14.0. The molecule has 7 heteroatoms. The molecule has 0 radical (unpaired) electrons. The van der Waals surface area contributed by atoms with Gasteiger partial charge in [0.1, 0.15) is 12.1 Å². The molecule has 0 saturated carbocycles. The van der Waals surface area contributed by atoms with Crippen molar-refractivity contribution in [3.63, 3.8) is 0 Å². The van der Waals surface area contributed by atoms with Crippen LogP contribution in [0.15, 0.2) is 29.4 Å². The molecule has 0 unspecified atom stereocenters. The number of fused-ring (bicyclic) bond motifs is 1. The minimum absolute atomic E-state index is 0.217. The Labute approximate surface area is 130 Å². The third-order valence-electron chi connectivity index (χ3n) is 3.50. The maximum atomic E-state index is 11.7. The van der Waals surface area contributed by atoms with E-state index in [0.717, 1.165) is 6.26 Å². The Kier molecular flexibility index (Phi) is 4.39. The van der Waals surface area contributed by atoms with Gasteiger partial charge in [-0.25, -0.2) is 18.4 Å². The summed E-state index contributed by atoms with van der Waals surface area (Å²) in [6.45, 7) is 6.15. The first-order chi connectivity index (χ1) is 10.1. The summed E-state index contributed by atoms with van der Waals surface area (Å²) in [7, 11) is -3.30. The molecule has 2 rings (SSSR count). The van der Waals surface area contributed by atoms with Gasteiger partial charge < -0.3 is 10.4 Å². The number of aliphatic hydroxyl groups excluding tert-OH is 1. The third-order valence-corrected chi connectivity index (χ3v) is 4.61. The Balaban J connectivity index is 2.37. The highest BCUT2D eigenvalue weighted by atomic mass is 32.2. The van der Waals surface area contributed by atoms with E-state index in [1.165, 1.54) is 12.4 Å². The van der Waals surface area contributed by atoms with Crippen LogP contribution in [0.1, 0.15) is 20.8 Å². The van der Waals surface area contributed by atoms with E-state index in [4.69, 9.17) is 0 Å². The van der Waals surface area contributed by atoms with Crippen molar-refractivity contribution in [2.24, 2.45) is 5.41 Å². The summed E-state index contributed by atoms with van der Waals surface area (Å²) in [6, 6.07) is 4.73. The largest absolute Gasteiger partial charge is 0.391 e. The highest BCUT2D eigenvalue weighted by Gasteiger charge is 2.22. The highest BCUT2D eigenvalue weighted by Crippen LogP contribution is 2.24. The highest BCUT2D eigenvalue weighted by molar-refractivity contribution is 7.90. The number of nitrogens with one attached hydrogen (secondary N) is 1. The molecule has 22 heavy (non-hydrogen) atoms. The molecule has 0 aliphatic carbocycles. The van der Waals surface area contributed by atoms with Gasteiger partial charge in [0, 0.05) is 18.2 Å². The van der Waals surface area contributed by atoms with Gasteiger partial charge in [0.05, 0.1) is 16.5 Å². The summed E-state index contributed by atoms with van der Waals surface area (Å²) in [5.74, 6) is 0.513. The van der Waals surface area contributed by atoms with E-state index < -0.39 is 15.9 Å². The van der Waals surface area contributed by atoms with Crippen molar-refractivity contribution >= 4 is 26.6 Å². The van der Waals surface area contributed by atoms with Gasteiger partial charge in [-0.2, -0.15) is 0 Å². The lowest BCUT2D eigenvalue weighted by Gasteiger charge is -2.26. The average molecular weight is 323 g/mol. The Morgan fingerprint density at radius 3 is 2.55 bits per heavy atom. The molecular formula is C15H21N3O3S. The fraction of sp³-hybridized carbons (Fsp3) is 0.467. The zero-order valence-electron chi connectivity index (χ0n) is 13.2. The van der Waals surface area contributed by atoms with Crippen LogP contribution in [0.3, 0.4) is 0 Å². The van der Waals surface area contributed by atoms with Crippen LogP contribution in [-0.4, -0.2) is 42.4 Å². The molecule has 0 fully saturated rings. The van der Waals surface area contributed by atoms with Crippen molar-refractivity contribution in [3.8, 4) is 0 Å². The van der Waals surface area contributed by atoms with Crippen molar-refractivity contribution in [2.75, 3.05) is 18.1 Å². The second kappa shape index (κ2) is 5.81. The number of hydrogen-bond acceptors (Lipinski definition) is 6. The lowest BCUT2D eigenvalue weighted by Crippen LogP contribution is -2.33. The second-order valence-corrected chi connectivity index (χ2v) is 8.45. The van der Waals surface area contributed by atoms with Crippen LogP contribution in [0.4, 0.5) is 5.82 Å². The molecule has 0 aliphatic heterocycles. The van der Waals surface area contributed by atoms with Crippen LogP contribution in [0.25, 0.3) is 10.9 Å². The van der Waals surface area contributed by atoms with Gasteiger partial charge in [0.15, 0.2) is 9.84 Å². The van der Waals surface area contributed by atoms with E-state index >= 15 is 0 Å². The molecule has 0 amide bonds. The Hall–Kier alpha value is -1.73. The van der Waals surface area contributed by atoms with Crippen LogP contribution >= 0.6 is 0 Å². The molecule has 0 spiro atoms. The van der Waals surface area contributed by atoms with Gasteiger partial charge in [-0.05, 0) is 23.6 Å². The molecule has 120 valence electrons. The van der Waals surface area contributed by atoms with E-state index in [2.05, 4.69) is 15.3 Å². The standard InChI is InChI=1S/C15H21N3O3S/c1-15(2,3)13(19)8-16-14-11-7-10(22(4,20)21)5-6-12(11)17-9-18-14/h5-7,9,13,19H,8H2,1-4H3,(H,16,17,18)/t13-/m0/s1. The molecular weight excluding hydrogens is 302 g/mol. The molecule has 2 N–H and O–H groups in total. The Bertz CT molecular complexity index is 782. The quantitative estimate of drug-likeness (QED) is 0.892. The number of nitrogens with zero attached hydrogens (tertiary/aromatic N) is 2. The Morgan fingerprint density at radius 2 is 1.95 bits per heavy atom. The summed E-state index contributed by atoms with van der Waals surface area (Å²) in [5, 5.41) is 13.8. The van der Waals surface area contributed by atoms with Crippen molar-refractivity contribution < 1.29 is 13.5 Å². The van der Waals surface area contributed by atoms with Crippen molar-refractivity contribution in [3.05, 3.63) is 24.5 Å². The summed E-state index contributed by atoms with van der Waals surface area (Å²) >= 11 is 0. The summed E-state index contributed by atoms with van der Waals surface area (Å²) in [4.78, 5) is 8.51. The van der Waals surface area contributed by atoms with Crippen LogP contribution in [0.2, 0.25) is 0 Å². The second-order valence-electron chi connectivity index (χ2n) is 6.44. The monoisotopic (exact) mass is 323 g/mol. The molecule has 1 heterocycles. The normalized spacial score (nSPS) is 14.0. The van der Waals surface area contributed by atoms with Crippen molar-refractivity contribution in [1.29, 1.82) is 0 Å². The van der Waals surface area contributed by atoms with Gasteiger partial charge in [-0.1, -0.05) is 20.8 Å². The minimum Gasteiger partial charge on any atom is -0.391 e. The Morgan fingerprint density at radius 1 is 1.27 bits per heavy atom. The molecule has 0 bridgehead atoms. The first kappa shape index (κ1) is 16.6. The molecule has 0 saturated heterocycles. The van der Waals surface area contributed by atoms with Gasteiger partial charge in [0.2, 0.25) is 0 Å². The van der Waals surface area contributed by atoms with Gasteiger partial charge >= 0.3 is 0 Å². The van der Waals surface area contributed by atoms with E-state index in [-0.39, 0.29) is 10.3 Å². The first-order valence-electron chi connectivity index (χ1n) is 6.96. The molecule has 6 nitrogen and oxygen atoms in total. The van der Waals surface area contributed by atoms with Gasteiger partial charge in [-0.3, -0.25) is 0 Å². The van der Waals surface area contributed by atoms with Crippen LogP contribution < -0.4 is 5.32 Å². The SMILES string of the molecule is CC(C)(C)[C@@H](O)CNc1ncnc2ccc(S(C)(=O)=O)cc12. The average Bonchev–Trinajstić information content (AvgIpc) is 2.42. The van der Waals surface area contributed by atoms with Crippen molar-refractivity contribution in [2.45, 2.75) is 31.8 Å². The lowest BCUT2D eigenvalue weighted by molar-refractivity contribution is 0.0745. The molecule has 1 aromatic heterocycles. The number of hydrogen-bond donors (Lipinski definition) is 2. The van der Waals surface area contributed by atoms with E-state index in [1.807, 2.05) is 20.8 Å². The molecule has 2 aromatic rings. The third kappa shape index (κ3) is 3.72. The predicted molar refractivity (Wildman–Crippen MR) is 86.6 cm³/mol. The van der Waals surface area contributed by atoms with Gasteiger partial charge in [0.25, 0.3) is 0 Å². The number of anilines is 1. The summed E-state index contributed by atoms with van der Waals surface area (Å²) < 4.78 is 23.4. The maximum Gasteiger partial charge on any atom is 0.175 e. The maximum absolute atomic E-state index is 11.7. The number of rotatable bonds is 4. The smallest absolute Gasteiger partial charge is 0.175 e. The number of aromatic nitrogens is 2. The number of benzene rings is 1. The topological polar surface area (TPSA) is 92.2 Å². The fourth-order valence-corrected chi connectivity index (χ4v) is 2.55. The van der Waals surface area contributed by atoms with Crippen LogP contribution in [0.5, 0.6) is 0 Å². The molecule has 1 atom stereocenters. The van der Waals surface area contributed by atoms with Crippen LogP contribution in [-0.2, 0) is 9.84 Å². The van der Waals surface area contributed by atoms with E-state index in [1.54, 1.807) is 12.1 Å². The van der Waals surface area contributed by atoms with E-state index in [9.17, 15) is 13.5 Å². The van der Waals surface area contributed by atoms with Crippen LogP contribution in [0, 0.1) is 5.41 Å². The molecule has 0 aliphatic rings. The minimum atomic E-state index is -3.30. The predicted octanol–water partition coefficient (Wildman–Crippen LogP) is 1.85. The van der Waals surface area contributed by atoms with Crippen molar-refractivity contribution in [1.82, 2.24) is 9.97 Å². The first-order valence-corrected chi connectivity index (χ1v) is 8.85. The summed E-state index contributed by atoms with van der Waals surface area (Å²) in [6.07, 6.45) is 2.01. The number of aliphatic hydroxyl groups is 1. The zero-order chi connectivity index (χ0) is 16.5. The summed E-state index contributed by atoms with van der Waals surface area (Å²) in [5.41, 5.74) is 0.392. The molecule has 1 aromatic carbocycles. The van der Waals surface area contributed by atoms with Gasteiger partial charge in [-0.15, -0.1) is 0 Å².